The van der Waals surface area contributed by atoms with E-state index in [1.165, 1.54) is 19.2 Å². The first-order valence-corrected chi connectivity index (χ1v) is 4.92. The SMILES string of the molecule is COc1ccc(C=O)c(OCC(=O)NC(N)=O)c1. The van der Waals surface area contributed by atoms with Gasteiger partial charge in [0.15, 0.2) is 12.9 Å². The van der Waals surface area contributed by atoms with E-state index in [1.54, 1.807) is 6.07 Å². The molecule has 0 bridgehead atoms. The van der Waals surface area contributed by atoms with Gasteiger partial charge in [0.1, 0.15) is 11.5 Å². The van der Waals surface area contributed by atoms with Gasteiger partial charge in [-0.15, -0.1) is 0 Å². The van der Waals surface area contributed by atoms with Gasteiger partial charge in [0.2, 0.25) is 0 Å². The van der Waals surface area contributed by atoms with E-state index in [2.05, 4.69) is 0 Å². The van der Waals surface area contributed by atoms with E-state index in [1.807, 2.05) is 5.32 Å². The van der Waals surface area contributed by atoms with Gasteiger partial charge in [-0.3, -0.25) is 14.9 Å². The summed E-state index contributed by atoms with van der Waals surface area (Å²) < 4.78 is 10.1. The molecule has 1 aromatic rings. The molecule has 0 heterocycles. The average Bonchev–Trinajstić information content (AvgIpc) is 2.35. The minimum atomic E-state index is -0.968. The van der Waals surface area contributed by atoms with Crippen molar-refractivity contribution in [3.05, 3.63) is 23.8 Å². The number of methoxy groups -OCH3 is 1. The number of hydrogen-bond donors (Lipinski definition) is 2. The van der Waals surface area contributed by atoms with E-state index in [4.69, 9.17) is 15.2 Å². The fourth-order valence-corrected chi connectivity index (χ4v) is 1.18. The summed E-state index contributed by atoms with van der Waals surface area (Å²) in [5.41, 5.74) is 5.03. The number of aldehydes is 1. The van der Waals surface area contributed by atoms with Crippen molar-refractivity contribution in [2.45, 2.75) is 0 Å². The van der Waals surface area contributed by atoms with Crippen molar-refractivity contribution in [2.75, 3.05) is 13.7 Å². The Hall–Kier alpha value is -2.57. The summed E-state index contributed by atoms with van der Waals surface area (Å²) in [6.07, 6.45) is 0.584. The highest BCUT2D eigenvalue weighted by Crippen LogP contribution is 2.23. The smallest absolute Gasteiger partial charge is 0.318 e. The normalized spacial score (nSPS) is 9.39. The van der Waals surface area contributed by atoms with Crippen LogP contribution in [-0.2, 0) is 4.79 Å². The number of imide groups is 1. The molecule has 0 atom stereocenters. The Balaban J connectivity index is 2.73. The Morgan fingerprint density at radius 2 is 2.17 bits per heavy atom. The van der Waals surface area contributed by atoms with Crippen molar-refractivity contribution in [3.63, 3.8) is 0 Å². The monoisotopic (exact) mass is 252 g/mol. The van der Waals surface area contributed by atoms with Gasteiger partial charge in [-0.05, 0) is 12.1 Å². The summed E-state index contributed by atoms with van der Waals surface area (Å²) in [7, 11) is 1.46. The summed E-state index contributed by atoms with van der Waals surface area (Å²) >= 11 is 0. The molecule has 7 nitrogen and oxygen atoms in total. The number of rotatable bonds is 5. The minimum absolute atomic E-state index is 0.184. The number of nitrogens with one attached hydrogen (secondary N) is 1. The molecule has 3 N–H and O–H groups in total. The molecule has 0 aliphatic carbocycles. The van der Waals surface area contributed by atoms with E-state index in [0.29, 0.717) is 12.0 Å². The van der Waals surface area contributed by atoms with Crippen LogP contribution >= 0.6 is 0 Å². The van der Waals surface area contributed by atoms with Crippen LogP contribution in [0.4, 0.5) is 4.79 Å². The van der Waals surface area contributed by atoms with Gasteiger partial charge >= 0.3 is 6.03 Å². The molecular formula is C11H12N2O5. The van der Waals surface area contributed by atoms with E-state index >= 15 is 0 Å². The Kier molecular flexibility index (Phi) is 4.67. The first-order chi connectivity index (χ1) is 8.56. The number of primary amides is 1. The van der Waals surface area contributed by atoms with Crippen LogP contribution in [0.25, 0.3) is 0 Å². The topological polar surface area (TPSA) is 108 Å². The Bertz CT molecular complexity index is 473. The van der Waals surface area contributed by atoms with Gasteiger partial charge in [-0.25, -0.2) is 4.79 Å². The van der Waals surface area contributed by atoms with Gasteiger partial charge in [0.05, 0.1) is 12.7 Å². The van der Waals surface area contributed by atoms with Crippen LogP contribution in [0, 0.1) is 0 Å². The first kappa shape index (κ1) is 13.5. The molecule has 0 saturated heterocycles. The van der Waals surface area contributed by atoms with Crippen LogP contribution in [0.15, 0.2) is 18.2 Å². The molecule has 0 fully saturated rings. The van der Waals surface area contributed by atoms with E-state index in [-0.39, 0.29) is 11.3 Å². The second-order valence-corrected chi connectivity index (χ2v) is 3.22. The lowest BCUT2D eigenvalue weighted by atomic mass is 10.2. The lowest BCUT2D eigenvalue weighted by molar-refractivity contribution is -0.121. The maximum Gasteiger partial charge on any atom is 0.318 e. The zero-order valence-corrected chi connectivity index (χ0v) is 9.64. The molecule has 96 valence electrons. The third-order valence-corrected chi connectivity index (χ3v) is 1.97. The van der Waals surface area contributed by atoms with E-state index < -0.39 is 18.5 Å². The molecule has 0 unspecified atom stereocenters. The molecule has 0 aliphatic rings. The maximum absolute atomic E-state index is 11.1. The predicted molar refractivity (Wildman–Crippen MR) is 61.6 cm³/mol. The predicted octanol–water partition coefficient (Wildman–Crippen LogP) is 0.0814. The van der Waals surface area contributed by atoms with Crippen LogP contribution < -0.4 is 20.5 Å². The summed E-state index contributed by atoms with van der Waals surface area (Å²) in [5.74, 6) is -0.0444. The van der Waals surface area contributed by atoms with Gasteiger partial charge in [-0.1, -0.05) is 0 Å². The Morgan fingerprint density at radius 1 is 1.44 bits per heavy atom. The highest BCUT2D eigenvalue weighted by Gasteiger charge is 2.09. The van der Waals surface area contributed by atoms with Gasteiger partial charge in [-0.2, -0.15) is 0 Å². The number of carbonyl (C=O) groups is 3. The highest BCUT2D eigenvalue weighted by molar-refractivity contribution is 5.94. The molecule has 0 spiro atoms. The third kappa shape index (κ3) is 3.78. The molecular weight excluding hydrogens is 240 g/mol. The van der Waals surface area contributed by atoms with Crippen molar-refractivity contribution in [1.29, 1.82) is 0 Å². The zero-order chi connectivity index (χ0) is 13.5. The van der Waals surface area contributed by atoms with Crippen molar-refractivity contribution in [1.82, 2.24) is 5.32 Å². The molecule has 7 heteroatoms. The Morgan fingerprint density at radius 3 is 2.72 bits per heavy atom. The molecule has 0 radical (unpaired) electrons. The molecule has 3 amide bonds. The molecule has 18 heavy (non-hydrogen) atoms. The van der Waals surface area contributed by atoms with Gasteiger partial charge in [0.25, 0.3) is 5.91 Å². The number of nitrogens with two attached hydrogens (primary N) is 1. The molecule has 0 aromatic heterocycles. The lowest BCUT2D eigenvalue weighted by Gasteiger charge is -2.09. The van der Waals surface area contributed by atoms with E-state index in [0.717, 1.165) is 0 Å². The maximum atomic E-state index is 11.1. The third-order valence-electron chi connectivity index (χ3n) is 1.97. The van der Waals surface area contributed by atoms with Crippen molar-refractivity contribution >= 4 is 18.2 Å². The molecule has 0 aliphatic heterocycles. The lowest BCUT2D eigenvalue weighted by Crippen LogP contribution is -2.38. The van der Waals surface area contributed by atoms with Gasteiger partial charge < -0.3 is 15.2 Å². The number of hydrogen-bond acceptors (Lipinski definition) is 5. The minimum Gasteiger partial charge on any atom is -0.497 e. The second-order valence-electron chi connectivity index (χ2n) is 3.22. The number of amides is 3. The number of ether oxygens (including phenoxy) is 2. The van der Waals surface area contributed by atoms with Crippen LogP contribution in [0.1, 0.15) is 10.4 Å². The summed E-state index contributed by atoms with van der Waals surface area (Å²) in [6.45, 7) is -0.434. The summed E-state index contributed by atoms with van der Waals surface area (Å²) in [4.78, 5) is 32.3. The van der Waals surface area contributed by atoms with Crippen LogP contribution in [0.3, 0.4) is 0 Å². The van der Waals surface area contributed by atoms with Crippen molar-refractivity contribution in [2.24, 2.45) is 5.73 Å². The Labute approximate surface area is 103 Å². The summed E-state index contributed by atoms with van der Waals surface area (Å²) in [5, 5.41) is 1.83. The largest absolute Gasteiger partial charge is 0.497 e. The highest BCUT2D eigenvalue weighted by atomic mass is 16.5. The van der Waals surface area contributed by atoms with Gasteiger partial charge in [0, 0.05) is 6.07 Å². The van der Waals surface area contributed by atoms with Crippen LogP contribution in [0.2, 0.25) is 0 Å². The zero-order valence-electron chi connectivity index (χ0n) is 9.64. The molecule has 1 aromatic carbocycles. The fourth-order valence-electron chi connectivity index (χ4n) is 1.18. The number of urea groups is 1. The van der Waals surface area contributed by atoms with Crippen molar-refractivity contribution < 1.29 is 23.9 Å². The average molecular weight is 252 g/mol. The second kappa shape index (κ2) is 6.24. The first-order valence-electron chi connectivity index (χ1n) is 4.92. The molecule has 0 saturated carbocycles. The van der Waals surface area contributed by atoms with E-state index in [9.17, 15) is 14.4 Å². The van der Waals surface area contributed by atoms with Crippen LogP contribution in [-0.4, -0.2) is 31.9 Å². The number of carbonyl (C=O) groups excluding carboxylic acids is 3. The molecule has 1 rings (SSSR count). The quantitative estimate of drug-likeness (QED) is 0.721. The summed E-state index contributed by atoms with van der Waals surface area (Å²) in [6, 6.07) is 3.57. The van der Waals surface area contributed by atoms with Crippen LogP contribution in [0.5, 0.6) is 11.5 Å². The fraction of sp³-hybridized carbons (Fsp3) is 0.182. The number of benzene rings is 1. The standard InChI is InChI=1S/C11H12N2O5/c1-17-8-3-2-7(5-14)9(4-8)18-6-10(15)13-11(12)16/h2-5H,6H2,1H3,(H3,12,13,15,16). The van der Waals surface area contributed by atoms with Crippen molar-refractivity contribution in [3.8, 4) is 11.5 Å².